The maximum absolute atomic E-state index is 13.3. The maximum Gasteiger partial charge on any atom is 0.127 e. The zero-order valence-electron chi connectivity index (χ0n) is 10.0. The number of benzene rings is 2. The van der Waals surface area contributed by atoms with E-state index in [0.29, 0.717) is 17.5 Å². The summed E-state index contributed by atoms with van der Waals surface area (Å²) in [7, 11) is 0. The Morgan fingerprint density at radius 3 is 2.56 bits per heavy atom. The van der Waals surface area contributed by atoms with Gasteiger partial charge in [-0.25, -0.2) is 4.39 Å². The molecule has 0 saturated heterocycles. The fourth-order valence-electron chi connectivity index (χ4n) is 1.88. The molecule has 0 spiro atoms. The van der Waals surface area contributed by atoms with Gasteiger partial charge in [-0.3, -0.25) is 0 Å². The van der Waals surface area contributed by atoms with Crippen molar-refractivity contribution in [1.29, 1.82) is 0 Å². The van der Waals surface area contributed by atoms with Gasteiger partial charge < -0.3 is 5.11 Å². The van der Waals surface area contributed by atoms with E-state index >= 15 is 0 Å². The van der Waals surface area contributed by atoms with Crippen LogP contribution in [0.1, 0.15) is 22.8 Å². The molecule has 0 aromatic heterocycles. The van der Waals surface area contributed by atoms with Gasteiger partial charge in [0.2, 0.25) is 0 Å². The summed E-state index contributed by atoms with van der Waals surface area (Å²) in [6.07, 6.45) is -0.259. The molecule has 0 amide bonds. The first-order chi connectivity index (χ1) is 8.58. The smallest absolute Gasteiger partial charge is 0.127 e. The zero-order valence-corrected chi connectivity index (χ0v) is 10.8. The summed E-state index contributed by atoms with van der Waals surface area (Å²) in [5.41, 5.74) is 2.07. The summed E-state index contributed by atoms with van der Waals surface area (Å²) in [5, 5.41) is 10.4. The third kappa shape index (κ3) is 2.89. The van der Waals surface area contributed by atoms with Crippen molar-refractivity contribution in [2.45, 2.75) is 19.4 Å². The summed E-state index contributed by atoms with van der Waals surface area (Å²) in [4.78, 5) is 0. The highest BCUT2D eigenvalue weighted by molar-refractivity contribution is 6.31. The summed E-state index contributed by atoms with van der Waals surface area (Å²) >= 11 is 5.96. The fourth-order valence-corrected chi connectivity index (χ4v) is 2.16. The molecule has 1 N–H and O–H groups in total. The standard InChI is InChI=1S/C15H14ClFO/c1-10-7-12(13(16)9-14(10)17)15(18)8-11-5-3-2-4-6-11/h2-7,9,15,18H,8H2,1H3. The Morgan fingerprint density at radius 2 is 1.89 bits per heavy atom. The van der Waals surface area contributed by atoms with E-state index in [1.54, 1.807) is 13.0 Å². The van der Waals surface area contributed by atoms with Crippen molar-refractivity contribution in [3.8, 4) is 0 Å². The molecule has 0 aliphatic carbocycles. The van der Waals surface area contributed by atoms with Gasteiger partial charge in [-0.15, -0.1) is 0 Å². The molecule has 1 nitrogen and oxygen atoms in total. The van der Waals surface area contributed by atoms with Crippen molar-refractivity contribution in [3.63, 3.8) is 0 Å². The molecule has 0 aliphatic rings. The van der Waals surface area contributed by atoms with Crippen LogP contribution in [0.25, 0.3) is 0 Å². The lowest BCUT2D eigenvalue weighted by Gasteiger charge is -2.14. The Hall–Kier alpha value is -1.38. The van der Waals surface area contributed by atoms with E-state index in [1.165, 1.54) is 6.07 Å². The highest BCUT2D eigenvalue weighted by Crippen LogP contribution is 2.28. The minimum absolute atomic E-state index is 0.265. The molecule has 0 aliphatic heterocycles. The van der Waals surface area contributed by atoms with Crippen LogP contribution in [0.4, 0.5) is 4.39 Å². The van der Waals surface area contributed by atoms with Crippen molar-refractivity contribution >= 4 is 11.6 Å². The third-order valence-electron chi connectivity index (χ3n) is 2.91. The quantitative estimate of drug-likeness (QED) is 0.886. The molecule has 2 aromatic carbocycles. The van der Waals surface area contributed by atoms with Gasteiger partial charge in [0.15, 0.2) is 0 Å². The molecule has 1 atom stereocenters. The number of aliphatic hydroxyl groups excluding tert-OH is 1. The van der Waals surface area contributed by atoms with Gasteiger partial charge in [-0.1, -0.05) is 41.9 Å². The van der Waals surface area contributed by atoms with Crippen molar-refractivity contribution in [2.24, 2.45) is 0 Å². The Balaban J connectivity index is 2.24. The normalized spacial score (nSPS) is 12.4. The molecule has 0 saturated carbocycles. The Bertz CT molecular complexity index is 540. The van der Waals surface area contributed by atoms with Gasteiger partial charge in [-0.05, 0) is 35.7 Å². The molecular weight excluding hydrogens is 251 g/mol. The van der Waals surface area contributed by atoms with Crippen LogP contribution in [0.3, 0.4) is 0 Å². The monoisotopic (exact) mass is 264 g/mol. The van der Waals surface area contributed by atoms with E-state index in [0.717, 1.165) is 5.56 Å². The number of hydrogen-bond acceptors (Lipinski definition) is 1. The van der Waals surface area contributed by atoms with Crippen LogP contribution in [0.15, 0.2) is 42.5 Å². The van der Waals surface area contributed by atoms with Gasteiger partial charge in [0.25, 0.3) is 0 Å². The molecular formula is C15H14ClFO. The van der Waals surface area contributed by atoms with E-state index in [4.69, 9.17) is 11.6 Å². The molecule has 18 heavy (non-hydrogen) atoms. The van der Waals surface area contributed by atoms with Crippen LogP contribution in [-0.2, 0) is 6.42 Å². The van der Waals surface area contributed by atoms with Gasteiger partial charge in [0, 0.05) is 11.4 Å². The van der Waals surface area contributed by atoms with E-state index < -0.39 is 6.10 Å². The van der Waals surface area contributed by atoms with E-state index in [2.05, 4.69) is 0 Å². The third-order valence-corrected chi connectivity index (χ3v) is 3.24. The average molecular weight is 265 g/mol. The number of halogens is 2. The number of aryl methyl sites for hydroxylation is 1. The molecule has 0 heterocycles. The zero-order chi connectivity index (χ0) is 13.1. The predicted octanol–water partition coefficient (Wildman–Crippen LogP) is 4.06. The first-order valence-corrected chi connectivity index (χ1v) is 6.13. The second kappa shape index (κ2) is 5.51. The maximum atomic E-state index is 13.3. The first-order valence-electron chi connectivity index (χ1n) is 5.75. The van der Waals surface area contributed by atoms with Gasteiger partial charge in [0.05, 0.1) is 6.10 Å². The van der Waals surface area contributed by atoms with Crippen LogP contribution in [0.5, 0.6) is 0 Å². The fraction of sp³-hybridized carbons (Fsp3) is 0.200. The second-order valence-electron chi connectivity index (χ2n) is 4.33. The van der Waals surface area contributed by atoms with Gasteiger partial charge in [0.1, 0.15) is 5.82 Å². The van der Waals surface area contributed by atoms with Crippen LogP contribution < -0.4 is 0 Å². The molecule has 2 rings (SSSR count). The lowest BCUT2D eigenvalue weighted by molar-refractivity contribution is 0.178. The van der Waals surface area contributed by atoms with Crippen LogP contribution in [-0.4, -0.2) is 5.11 Å². The number of hydrogen-bond donors (Lipinski definition) is 1. The summed E-state index contributed by atoms with van der Waals surface area (Å²) in [6, 6.07) is 12.5. The Kier molecular flexibility index (Phi) is 4.00. The molecule has 0 fully saturated rings. The molecule has 94 valence electrons. The summed E-state index contributed by atoms with van der Waals surface area (Å²) in [6.45, 7) is 1.66. The van der Waals surface area contributed by atoms with E-state index in [1.807, 2.05) is 30.3 Å². The van der Waals surface area contributed by atoms with Crippen molar-refractivity contribution < 1.29 is 9.50 Å². The molecule has 2 aromatic rings. The minimum atomic E-state index is -0.723. The highest BCUT2D eigenvalue weighted by Gasteiger charge is 2.14. The predicted molar refractivity (Wildman–Crippen MR) is 71.3 cm³/mol. The molecule has 0 radical (unpaired) electrons. The molecule has 3 heteroatoms. The first kappa shape index (κ1) is 13.1. The number of rotatable bonds is 3. The summed E-state index contributed by atoms with van der Waals surface area (Å²) < 4.78 is 13.3. The van der Waals surface area contributed by atoms with E-state index in [9.17, 15) is 9.50 Å². The van der Waals surface area contributed by atoms with Gasteiger partial charge >= 0.3 is 0 Å². The average Bonchev–Trinajstić information content (AvgIpc) is 2.35. The Labute approximate surface area is 111 Å². The molecule has 1 unspecified atom stereocenters. The van der Waals surface area contributed by atoms with Crippen molar-refractivity contribution in [1.82, 2.24) is 0 Å². The van der Waals surface area contributed by atoms with Gasteiger partial charge in [-0.2, -0.15) is 0 Å². The summed E-state index contributed by atoms with van der Waals surface area (Å²) in [5.74, 6) is -0.351. The van der Waals surface area contributed by atoms with Crippen molar-refractivity contribution in [3.05, 3.63) is 70.0 Å². The number of aliphatic hydroxyl groups is 1. The SMILES string of the molecule is Cc1cc(C(O)Cc2ccccc2)c(Cl)cc1F. The Morgan fingerprint density at radius 1 is 1.22 bits per heavy atom. The minimum Gasteiger partial charge on any atom is -0.388 e. The van der Waals surface area contributed by atoms with Crippen molar-refractivity contribution in [2.75, 3.05) is 0 Å². The molecule has 0 bridgehead atoms. The lowest BCUT2D eigenvalue weighted by atomic mass is 10.00. The topological polar surface area (TPSA) is 20.2 Å². The van der Waals surface area contributed by atoms with Crippen LogP contribution in [0.2, 0.25) is 5.02 Å². The lowest BCUT2D eigenvalue weighted by Crippen LogP contribution is -2.03. The van der Waals surface area contributed by atoms with Crippen LogP contribution in [0, 0.1) is 12.7 Å². The van der Waals surface area contributed by atoms with E-state index in [-0.39, 0.29) is 10.8 Å². The largest absolute Gasteiger partial charge is 0.388 e. The highest BCUT2D eigenvalue weighted by atomic mass is 35.5. The second-order valence-corrected chi connectivity index (χ2v) is 4.74. The van der Waals surface area contributed by atoms with Crippen LogP contribution >= 0.6 is 11.6 Å².